The van der Waals surface area contributed by atoms with Gasteiger partial charge < -0.3 is 25.0 Å². The van der Waals surface area contributed by atoms with Crippen molar-refractivity contribution in [3.8, 4) is 11.5 Å². The molecule has 2 aromatic rings. The molecule has 0 radical (unpaired) electrons. The van der Waals surface area contributed by atoms with Crippen molar-refractivity contribution in [2.75, 3.05) is 25.2 Å². The Kier molecular flexibility index (Phi) is 6.37. The van der Waals surface area contributed by atoms with Gasteiger partial charge in [0.1, 0.15) is 11.5 Å². The van der Waals surface area contributed by atoms with Crippen molar-refractivity contribution in [3.63, 3.8) is 0 Å². The lowest BCUT2D eigenvalue weighted by molar-refractivity contribution is -0.117. The SMILES string of the molecule is CCOc1ccc(N2C[C@H](NC(=O)NCc3ccccc3OC)CC2=O)cc1. The lowest BCUT2D eigenvalue weighted by atomic mass is 10.2. The van der Waals surface area contributed by atoms with Crippen LogP contribution in [0.25, 0.3) is 0 Å². The molecule has 7 nitrogen and oxygen atoms in total. The molecule has 0 unspecified atom stereocenters. The minimum absolute atomic E-state index is 0.0146. The highest BCUT2D eigenvalue weighted by Gasteiger charge is 2.31. The number of hydrogen-bond donors (Lipinski definition) is 2. The van der Waals surface area contributed by atoms with Gasteiger partial charge in [0.2, 0.25) is 5.91 Å². The summed E-state index contributed by atoms with van der Waals surface area (Å²) in [5.41, 5.74) is 1.69. The Morgan fingerprint density at radius 3 is 2.64 bits per heavy atom. The fraction of sp³-hybridized carbons (Fsp3) is 0.333. The number of benzene rings is 2. The largest absolute Gasteiger partial charge is 0.496 e. The molecule has 2 N–H and O–H groups in total. The van der Waals surface area contributed by atoms with Crippen LogP contribution < -0.4 is 25.0 Å². The van der Waals surface area contributed by atoms with Gasteiger partial charge in [0, 0.05) is 30.8 Å². The lowest BCUT2D eigenvalue weighted by Gasteiger charge is -2.18. The van der Waals surface area contributed by atoms with Gasteiger partial charge in [-0.1, -0.05) is 18.2 Å². The van der Waals surface area contributed by atoms with E-state index in [2.05, 4.69) is 10.6 Å². The van der Waals surface area contributed by atoms with Gasteiger partial charge in [-0.15, -0.1) is 0 Å². The number of amides is 3. The molecule has 1 fully saturated rings. The zero-order chi connectivity index (χ0) is 19.9. The van der Waals surface area contributed by atoms with Gasteiger partial charge in [-0.05, 0) is 37.3 Å². The molecule has 1 saturated heterocycles. The molecule has 1 heterocycles. The van der Waals surface area contributed by atoms with Crippen molar-refractivity contribution in [2.24, 2.45) is 0 Å². The van der Waals surface area contributed by atoms with Crippen molar-refractivity contribution in [1.82, 2.24) is 10.6 Å². The second kappa shape index (κ2) is 9.12. The van der Waals surface area contributed by atoms with E-state index in [1.807, 2.05) is 55.5 Å². The second-order valence-electron chi connectivity index (χ2n) is 6.47. The van der Waals surface area contributed by atoms with E-state index in [9.17, 15) is 9.59 Å². The monoisotopic (exact) mass is 383 g/mol. The van der Waals surface area contributed by atoms with Crippen LogP contribution >= 0.6 is 0 Å². The van der Waals surface area contributed by atoms with Gasteiger partial charge in [0.25, 0.3) is 0 Å². The molecule has 28 heavy (non-hydrogen) atoms. The number of methoxy groups -OCH3 is 1. The first-order chi connectivity index (χ1) is 13.6. The maximum Gasteiger partial charge on any atom is 0.315 e. The third-order valence-corrected chi connectivity index (χ3v) is 4.55. The molecule has 3 rings (SSSR count). The first-order valence-electron chi connectivity index (χ1n) is 9.30. The van der Waals surface area contributed by atoms with E-state index >= 15 is 0 Å². The van der Waals surface area contributed by atoms with Gasteiger partial charge in [0.05, 0.1) is 19.8 Å². The molecule has 148 valence electrons. The molecule has 0 spiro atoms. The quantitative estimate of drug-likeness (QED) is 0.770. The van der Waals surface area contributed by atoms with Gasteiger partial charge >= 0.3 is 6.03 Å². The smallest absolute Gasteiger partial charge is 0.315 e. The maximum atomic E-state index is 12.3. The average Bonchev–Trinajstić information content (AvgIpc) is 3.07. The van der Waals surface area contributed by atoms with Crippen LogP contribution in [0, 0.1) is 0 Å². The van der Waals surface area contributed by atoms with E-state index in [0.717, 1.165) is 22.7 Å². The molecule has 1 atom stereocenters. The van der Waals surface area contributed by atoms with Gasteiger partial charge in [0.15, 0.2) is 0 Å². The van der Waals surface area contributed by atoms with Crippen molar-refractivity contribution in [1.29, 1.82) is 0 Å². The summed E-state index contributed by atoms with van der Waals surface area (Å²) in [6.07, 6.45) is 0.273. The Bertz CT molecular complexity index is 823. The minimum atomic E-state index is -0.308. The third kappa shape index (κ3) is 4.73. The van der Waals surface area contributed by atoms with E-state index in [4.69, 9.17) is 9.47 Å². The summed E-state index contributed by atoms with van der Waals surface area (Å²) in [5, 5.41) is 5.69. The van der Waals surface area contributed by atoms with Gasteiger partial charge in [-0.25, -0.2) is 4.79 Å². The summed E-state index contributed by atoms with van der Waals surface area (Å²) in [6, 6.07) is 14.4. The molecule has 2 aromatic carbocycles. The molecule has 0 aliphatic carbocycles. The van der Waals surface area contributed by atoms with Gasteiger partial charge in [-0.3, -0.25) is 4.79 Å². The highest BCUT2D eigenvalue weighted by molar-refractivity contribution is 5.96. The number of hydrogen-bond acceptors (Lipinski definition) is 4. The maximum absolute atomic E-state index is 12.3. The number of para-hydroxylation sites is 1. The summed E-state index contributed by atoms with van der Waals surface area (Å²) < 4.78 is 10.7. The lowest BCUT2D eigenvalue weighted by Crippen LogP contribution is -2.43. The molecule has 1 aliphatic rings. The molecular weight excluding hydrogens is 358 g/mol. The first kappa shape index (κ1) is 19.5. The number of urea groups is 1. The van der Waals surface area contributed by atoms with Crippen LogP contribution in [0.4, 0.5) is 10.5 Å². The number of rotatable bonds is 7. The predicted molar refractivity (Wildman–Crippen MR) is 107 cm³/mol. The summed E-state index contributed by atoms with van der Waals surface area (Å²) in [5.74, 6) is 1.47. The highest BCUT2D eigenvalue weighted by atomic mass is 16.5. The summed E-state index contributed by atoms with van der Waals surface area (Å²) in [7, 11) is 1.60. The van der Waals surface area contributed by atoms with Crippen LogP contribution in [0.1, 0.15) is 18.9 Å². The van der Waals surface area contributed by atoms with Crippen LogP contribution in [-0.2, 0) is 11.3 Å². The fourth-order valence-corrected chi connectivity index (χ4v) is 3.20. The van der Waals surface area contributed by atoms with Crippen molar-refractivity contribution in [2.45, 2.75) is 25.9 Å². The van der Waals surface area contributed by atoms with Gasteiger partial charge in [-0.2, -0.15) is 0 Å². The van der Waals surface area contributed by atoms with Crippen molar-refractivity contribution < 1.29 is 19.1 Å². The van der Waals surface area contributed by atoms with E-state index < -0.39 is 0 Å². The normalized spacial score (nSPS) is 16.0. The average molecular weight is 383 g/mol. The zero-order valence-electron chi connectivity index (χ0n) is 16.1. The zero-order valence-corrected chi connectivity index (χ0v) is 16.1. The minimum Gasteiger partial charge on any atom is -0.496 e. The van der Waals surface area contributed by atoms with Crippen LogP contribution in [0.3, 0.4) is 0 Å². The molecule has 0 aromatic heterocycles. The van der Waals surface area contributed by atoms with E-state index in [1.165, 1.54) is 0 Å². The number of nitrogens with one attached hydrogen (secondary N) is 2. The second-order valence-corrected chi connectivity index (χ2v) is 6.47. The summed E-state index contributed by atoms with van der Waals surface area (Å²) in [4.78, 5) is 26.3. The molecule has 7 heteroatoms. The third-order valence-electron chi connectivity index (χ3n) is 4.55. The topological polar surface area (TPSA) is 79.9 Å². The molecular formula is C21H25N3O4. The Labute approximate surface area is 164 Å². The predicted octanol–water partition coefficient (Wildman–Crippen LogP) is 2.70. The molecule has 1 aliphatic heterocycles. The van der Waals surface area contributed by atoms with E-state index in [-0.39, 0.29) is 24.4 Å². The Hall–Kier alpha value is -3.22. The number of anilines is 1. The van der Waals surface area contributed by atoms with Crippen LogP contribution in [-0.4, -0.2) is 38.2 Å². The summed E-state index contributed by atoms with van der Waals surface area (Å²) >= 11 is 0. The number of carbonyl (C=O) groups excluding carboxylic acids is 2. The summed E-state index contributed by atoms with van der Waals surface area (Å²) in [6.45, 7) is 3.30. The Morgan fingerprint density at radius 2 is 1.93 bits per heavy atom. The standard InChI is InChI=1S/C21H25N3O4/c1-3-28-18-10-8-17(9-11-18)24-14-16(12-20(24)25)23-21(26)22-13-15-6-4-5-7-19(15)27-2/h4-11,16H,3,12-14H2,1-2H3,(H2,22,23,26)/t16-/m1/s1. The Morgan fingerprint density at radius 1 is 1.18 bits per heavy atom. The number of ether oxygens (including phenoxy) is 2. The molecule has 0 bridgehead atoms. The van der Waals surface area contributed by atoms with Crippen molar-refractivity contribution >= 4 is 17.6 Å². The number of nitrogens with zero attached hydrogens (tertiary/aromatic N) is 1. The van der Waals surface area contributed by atoms with Crippen LogP contribution in [0.15, 0.2) is 48.5 Å². The van der Waals surface area contributed by atoms with Crippen LogP contribution in [0.2, 0.25) is 0 Å². The van der Waals surface area contributed by atoms with E-state index in [1.54, 1.807) is 12.0 Å². The molecule has 3 amide bonds. The van der Waals surface area contributed by atoms with E-state index in [0.29, 0.717) is 19.7 Å². The molecule has 0 saturated carbocycles. The van der Waals surface area contributed by atoms with Crippen LogP contribution in [0.5, 0.6) is 11.5 Å². The first-order valence-corrected chi connectivity index (χ1v) is 9.30. The Balaban J connectivity index is 1.52. The van der Waals surface area contributed by atoms with Crippen molar-refractivity contribution in [3.05, 3.63) is 54.1 Å². The fourth-order valence-electron chi connectivity index (χ4n) is 3.20. The number of carbonyl (C=O) groups is 2. The highest BCUT2D eigenvalue weighted by Crippen LogP contribution is 2.24.